The third-order valence-electron chi connectivity index (χ3n) is 10.8. The van der Waals surface area contributed by atoms with E-state index in [1.165, 1.54) is 19.3 Å². The van der Waals surface area contributed by atoms with Crippen molar-refractivity contribution in [2.75, 3.05) is 13.2 Å². The van der Waals surface area contributed by atoms with Gasteiger partial charge >= 0.3 is 17.9 Å². The smallest absolute Gasteiger partial charge is 0.310 e. The summed E-state index contributed by atoms with van der Waals surface area (Å²) in [5.74, 6) is -1.12. The van der Waals surface area contributed by atoms with Crippen LogP contribution in [0.25, 0.3) is 0 Å². The molecule has 6 heteroatoms. The molecule has 0 heterocycles. The van der Waals surface area contributed by atoms with Gasteiger partial charge in [-0.05, 0) is 122 Å². The second-order valence-corrected chi connectivity index (χ2v) is 17.4. The van der Waals surface area contributed by atoms with Gasteiger partial charge in [-0.15, -0.1) is 0 Å². The molecular weight excluding hydrogens is 865 g/mol. The third-order valence-corrected chi connectivity index (χ3v) is 10.8. The average Bonchev–Trinajstić information content (AvgIpc) is 3.36. The summed E-state index contributed by atoms with van der Waals surface area (Å²) in [5.41, 5.74) is 0. The molecule has 0 aliphatic rings. The highest BCUT2D eigenvalue weighted by Gasteiger charge is 2.19. The number of carbonyl (C=O) groups is 3. The van der Waals surface area contributed by atoms with Gasteiger partial charge in [-0.3, -0.25) is 14.4 Å². The number of esters is 3. The summed E-state index contributed by atoms with van der Waals surface area (Å²) in [7, 11) is 0. The molecule has 0 aromatic heterocycles. The number of hydrogen-bond donors (Lipinski definition) is 0. The molecule has 1 atom stereocenters. The number of carbonyl (C=O) groups excluding carboxylic acids is 3. The van der Waals surface area contributed by atoms with Crippen molar-refractivity contribution in [1.29, 1.82) is 0 Å². The molecule has 0 N–H and O–H groups in total. The van der Waals surface area contributed by atoms with Gasteiger partial charge in [-0.25, -0.2) is 0 Å². The molecule has 70 heavy (non-hydrogen) atoms. The molecule has 390 valence electrons. The predicted octanol–water partition coefficient (Wildman–Crippen LogP) is 18.6. The van der Waals surface area contributed by atoms with Gasteiger partial charge in [0.15, 0.2) is 6.10 Å². The minimum Gasteiger partial charge on any atom is -0.462 e. The van der Waals surface area contributed by atoms with E-state index in [1.54, 1.807) is 6.08 Å². The fourth-order valence-corrected chi connectivity index (χ4v) is 6.71. The van der Waals surface area contributed by atoms with Gasteiger partial charge in [-0.1, -0.05) is 224 Å². The molecule has 0 spiro atoms. The van der Waals surface area contributed by atoms with Crippen LogP contribution in [0.4, 0.5) is 0 Å². The van der Waals surface area contributed by atoms with E-state index in [2.05, 4.69) is 167 Å². The zero-order valence-corrected chi connectivity index (χ0v) is 44.5. The van der Waals surface area contributed by atoms with Gasteiger partial charge in [0.25, 0.3) is 0 Å². The maximum Gasteiger partial charge on any atom is 0.310 e. The highest BCUT2D eigenvalue weighted by Crippen LogP contribution is 2.11. The zero-order valence-electron chi connectivity index (χ0n) is 44.5. The van der Waals surface area contributed by atoms with Crippen LogP contribution in [-0.4, -0.2) is 37.2 Å². The van der Waals surface area contributed by atoms with Crippen molar-refractivity contribution in [3.8, 4) is 0 Å². The van der Waals surface area contributed by atoms with Crippen molar-refractivity contribution in [3.63, 3.8) is 0 Å². The van der Waals surface area contributed by atoms with E-state index in [-0.39, 0.29) is 31.6 Å². The first-order valence-corrected chi connectivity index (χ1v) is 27.5. The van der Waals surface area contributed by atoms with Gasteiger partial charge < -0.3 is 14.2 Å². The Hall–Kier alpha value is -4.97. The minimum atomic E-state index is -0.857. The van der Waals surface area contributed by atoms with Crippen molar-refractivity contribution in [3.05, 3.63) is 158 Å². The van der Waals surface area contributed by atoms with Crippen LogP contribution in [0.5, 0.6) is 0 Å². The van der Waals surface area contributed by atoms with E-state index in [1.807, 2.05) is 6.08 Å². The molecule has 0 rings (SSSR count). The lowest BCUT2D eigenvalue weighted by Crippen LogP contribution is -2.30. The maximum atomic E-state index is 12.8. The Kier molecular flexibility index (Phi) is 52.6. The second-order valence-electron chi connectivity index (χ2n) is 17.4. The standard InChI is InChI=1S/C64H98O6/c1-4-7-10-13-16-19-22-25-28-29-30-31-32-33-34-35-37-39-42-45-48-51-54-57-63(66)69-60-61(59-68-62(65)56-53-50-47-44-41-38-27-24-21-18-15-12-9-6-3)70-64(67)58-55-52-49-46-43-40-36-26-23-20-17-14-11-8-5-2/h7-8,10-11,15-20,24-28,30-31,33-34,36-37,39,43,46,52,55,61H,4-6,9,12-14,21-23,29,32,35,38,40-42,44-45,47-51,53-54,56-60H2,1-3H3/b10-7-,11-8-,18-15-,19-16-,20-17-,27-24-,28-25-,31-30-,34-33-,36-26-,39-37-,46-43-,55-52-. The van der Waals surface area contributed by atoms with Crippen LogP contribution < -0.4 is 0 Å². The van der Waals surface area contributed by atoms with Gasteiger partial charge in [-0.2, -0.15) is 0 Å². The lowest BCUT2D eigenvalue weighted by molar-refractivity contribution is -0.166. The fraction of sp³-hybridized carbons (Fsp3) is 0.547. The van der Waals surface area contributed by atoms with E-state index in [0.29, 0.717) is 19.3 Å². The molecule has 1 unspecified atom stereocenters. The van der Waals surface area contributed by atoms with E-state index in [9.17, 15) is 14.4 Å². The largest absolute Gasteiger partial charge is 0.462 e. The Morgan fingerprint density at radius 1 is 0.314 bits per heavy atom. The number of hydrogen-bond acceptors (Lipinski definition) is 6. The van der Waals surface area contributed by atoms with Crippen molar-refractivity contribution in [2.24, 2.45) is 0 Å². The maximum absolute atomic E-state index is 12.8. The molecule has 0 bridgehead atoms. The Balaban J connectivity index is 4.56. The van der Waals surface area contributed by atoms with E-state index in [0.717, 1.165) is 141 Å². The number of rotatable bonds is 47. The predicted molar refractivity (Wildman–Crippen MR) is 302 cm³/mol. The van der Waals surface area contributed by atoms with E-state index in [4.69, 9.17) is 14.2 Å². The molecule has 0 amide bonds. The van der Waals surface area contributed by atoms with Crippen LogP contribution in [0.1, 0.15) is 207 Å². The van der Waals surface area contributed by atoms with Crippen molar-refractivity contribution in [2.45, 2.75) is 213 Å². The second kappa shape index (κ2) is 56.6. The van der Waals surface area contributed by atoms with Gasteiger partial charge in [0.2, 0.25) is 0 Å². The molecule has 6 nitrogen and oxygen atoms in total. The molecule has 0 aliphatic heterocycles. The van der Waals surface area contributed by atoms with E-state index >= 15 is 0 Å². The summed E-state index contributed by atoms with van der Waals surface area (Å²) in [6.45, 7) is 6.23. The molecule has 0 fully saturated rings. The SMILES string of the molecule is CC/C=C\C/C=C\C/C=C\C/C=C\C/C=C\C/C=C\CCCCCCC(=O)OCC(COC(=O)CCCCCCC/C=C\C/C=C\CCCC)OC(=O)C/C=C\C/C=C\C/C=C\C/C=C\C/C=C\CC. The monoisotopic (exact) mass is 963 g/mol. The van der Waals surface area contributed by atoms with Crippen LogP contribution in [0.3, 0.4) is 0 Å². The fourth-order valence-electron chi connectivity index (χ4n) is 6.71. The van der Waals surface area contributed by atoms with Crippen molar-refractivity contribution in [1.82, 2.24) is 0 Å². The molecule has 0 radical (unpaired) electrons. The topological polar surface area (TPSA) is 78.9 Å². The Bertz CT molecular complexity index is 1620. The van der Waals surface area contributed by atoms with Gasteiger partial charge in [0.05, 0.1) is 6.42 Å². The molecular formula is C64H98O6. The first-order valence-electron chi connectivity index (χ1n) is 27.5. The van der Waals surface area contributed by atoms with Gasteiger partial charge in [0, 0.05) is 12.8 Å². The third kappa shape index (κ3) is 54.0. The highest BCUT2D eigenvalue weighted by molar-refractivity contribution is 5.72. The van der Waals surface area contributed by atoms with Crippen molar-refractivity contribution < 1.29 is 28.6 Å². The van der Waals surface area contributed by atoms with Crippen molar-refractivity contribution >= 4 is 17.9 Å². The first kappa shape index (κ1) is 65.0. The lowest BCUT2D eigenvalue weighted by atomic mass is 10.1. The van der Waals surface area contributed by atoms with Crippen LogP contribution in [-0.2, 0) is 28.6 Å². The molecule has 0 aromatic rings. The minimum absolute atomic E-state index is 0.0797. The zero-order chi connectivity index (χ0) is 50.7. The number of allylic oxidation sites excluding steroid dienone is 25. The van der Waals surface area contributed by atoms with Crippen LogP contribution >= 0.6 is 0 Å². The molecule has 0 aliphatic carbocycles. The summed E-state index contributed by atoms with van der Waals surface area (Å²) < 4.78 is 16.7. The van der Waals surface area contributed by atoms with Crippen LogP contribution in [0.15, 0.2) is 158 Å². The quantitative estimate of drug-likeness (QED) is 0.0262. The molecule has 0 aromatic carbocycles. The summed E-state index contributed by atoms with van der Waals surface area (Å²) in [5, 5.41) is 0. The molecule has 0 saturated heterocycles. The number of ether oxygens (including phenoxy) is 3. The summed E-state index contributed by atoms with van der Waals surface area (Å²) >= 11 is 0. The van der Waals surface area contributed by atoms with Crippen LogP contribution in [0, 0.1) is 0 Å². The van der Waals surface area contributed by atoms with Gasteiger partial charge in [0.1, 0.15) is 13.2 Å². The van der Waals surface area contributed by atoms with Crippen LogP contribution in [0.2, 0.25) is 0 Å². The Morgan fingerprint density at radius 2 is 0.600 bits per heavy atom. The summed E-state index contributed by atoms with van der Waals surface area (Å²) in [4.78, 5) is 38.0. The normalized spacial score (nSPS) is 13.4. The summed E-state index contributed by atoms with van der Waals surface area (Å²) in [6.07, 6.45) is 82.5. The van der Waals surface area contributed by atoms with E-state index < -0.39 is 12.1 Å². The number of unbranched alkanes of at least 4 members (excludes halogenated alkanes) is 11. The first-order chi connectivity index (χ1) is 34.5. The molecule has 0 saturated carbocycles. The highest BCUT2D eigenvalue weighted by atomic mass is 16.6. The Morgan fingerprint density at radius 3 is 0.943 bits per heavy atom. The average molecular weight is 963 g/mol. The summed E-state index contributed by atoms with van der Waals surface area (Å²) in [6, 6.07) is 0. The Labute approximate surface area is 429 Å². The lowest BCUT2D eigenvalue weighted by Gasteiger charge is -2.18.